The molecule has 2 heterocycles. The van der Waals surface area contributed by atoms with Gasteiger partial charge in [-0.25, -0.2) is 0 Å². The first-order valence-corrected chi connectivity index (χ1v) is 4.32. The zero-order valence-corrected chi connectivity index (χ0v) is 7.07. The number of benzene rings is 1. The first-order chi connectivity index (χ1) is 6.45. The highest BCUT2D eigenvalue weighted by Gasteiger charge is 2.20. The molecule has 2 aliphatic heterocycles. The maximum absolute atomic E-state index is 4.51. The minimum absolute atomic E-state index is 0. The second-order valence-electron chi connectivity index (χ2n) is 3.15. The molecule has 2 heteroatoms. The van der Waals surface area contributed by atoms with E-state index < -0.39 is 0 Å². The molecule has 1 aromatic carbocycles. The average molecular weight is 169 g/mol. The number of fused-ring (bicyclic) bond motifs is 3. The molecule has 13 heavy (non-hydrogen) atoms. The summed E-state index contributed by atoms with van der Waals surface area (Å²) in [5.41, 5.74) is 4.66. The van der Waals surface area contributed by atoms with Gasteiger partial charge in [0.2, 0.25) is 0 Å². The van der Waals surface area contributed by atoms with Crippen LogP contribution >= 0.6 is 0 Å². The minimum atomic E-state index is 0. The standard InChI is InChI=1S/C11H8N2/c1-2-4-10-8(3-1)9-5-6-12-7-11(9)13-10/h1-6H,7H2/p+1. The third-order valence-electron chi connectivity index (χ3n) is 2.35. The van der Waals surface area contributed by atoms with Crippen LogP contribution in [0.15, 0.2) is 40.3 Å². The summed E-state index contributed by atoms with van der Waals surface area (Å²) >= 11 is 0. The normalized spacial score (nSPS) is 17.5. The van der Waals surface area contributed by atoms with Crippen LogP contribution in [0.5, 0.6) is 0 Å². The molecule has 0 unspecified atom stereocenters. The topological polar surface area (TPSA) is 24.7 Å². The van der Waals surface area contributed by atoms with Crippen LogP contribution in [-0.2, 0) is 0 Å². The van der Waals surface area contributed by atoms with Crippen LogP contribution in [0, 0.1) is 0 Å². The zero-order chi connectivity index (χ0) is 8.67. The SMILES string of the molecule is C1=NCC2=Nc3ccccc3C2=C1.[H+]. The Morgan fingerprint density at radius 3 is 3.15 bits per heavy atom. The number of para-hydroxylation sites is 1. The van der Waals surface area contributed by atoms with Gasteiger partial charge in [-0.3, -0.25) is 9.98 Å². The predicted molar refractivity (Wildman–Crippen MR) is 56.0 cm³/mol. The molecule has 0 saturated heterocycles. The summed E-state index contributed by atoms with van der Waals surface area (Å²) in [5, 5.41) is 0. The summed E-state index contributed by atoms with van der Waals surface area (Å²) in [4.78, 5) is 8.68. The lowest BCUT2D eigenvalue weighted by Gasteiger charge is -2.04. The van der Waals surface area contributed by atoms with E-state index >= 15 is 0 Å². The number of allylic oxidation sites excluding steroid dienone is 1. The summed E-state index contributed by atoms with van der Waals surface area (Å²) in [6.45, 7) is 0.723. The van der Waals surface area contributed by atoms with Crippen molar-refractivity contribution in [3.05, 3.63) is 35.9 Å². The first-order valence-electron chi connectivity index (χ1n) is 4.32. The fourth-order valence-electron chi connectivity index (χ4n) is 1.73. The average Bonchev–Trinajstić information content (AvgIpc) is 2.56. The number of aliphatic imine (C=N–C) groups is 2. The largest absolute Gasteiger partial charge is 1.00 e. The Balaban J connectivity index is 0.000000750. The predicted octanol–water partition coefficient (Wildman–Crippen LogP) is 2.35. The molecule has 0 bridgehead atoms. The summed E-state index contributed by atoms with van der Waals surface area (Å²) in [7, 11) is 0. The fraction of sp³-hybridized carbons (Fsp3) is 0.0909. The van der Waals surface area contributed by atoms with Gasteiger partial charge in [-0.2, -0.15) is 0 Å². The Hall–Kier alpha value is -1.70. The molecule has 0 saturated carbocycles. The molecule has 62 valence electrons. The van der Waals surface area contributed by atoms with Gasteiger partial charge in [-0.15, -0.1) is 0 Å². The highest BCUT2D eigenvalue weighted by Crippen LogP contribution is 2.34. The Morgan fingerprint density at radius 2 is 2.15 bits per heavy atom. The van der Waals surface area contributed by atoms with E-state index in [4.69, 9.17) is 0 Å². The van der Waals surface area contributed by atoms with Gasteiger partial charge in [0.15, 0.2) is 0 Å². The van der Waals surface area contributed by atoms with Gasteiger partial charge in [-0.1, -0.05) is 18.2 Å². The molecular formula is C11H9N2+. The van der Waals surface area contributed by atoms with Gasteiger partial charge in [0, 0.05) is 17.4 Å². The van der Waals surface area contributed by atoms with Crippen LogP contribution in [0.2, 0.25) is 0 Å². The minimum Gasteiger partial charge on any atom is -0.287 e. The molecule has 0 aromatic heterocycles. The molecule has 0 atom stereocenters. The summed E-state index contributed by atoms with van der Waals surface area (Å²) in [6, 6.07) is 8.21. The van der Waals surface area contributed by atoms with Gasteiger partial charge >= 0.3 is 1.43 Å². The molecule has 1 aromatic rings. The van der Waals surface area contributed by atoms with Crippen molar-refractivity contribution in [3.63, 3.8) is 0 Å². The van der Waals surface area contributed by atoms with Gasteiger partial charge in [0.1, 0.15) is 0 Å². The maximum atomic E-state index is 4.51. The highest BCUT2D eigenvalue weighted by molar-refractivity contribution is 6.32. The number of hydrogen-bond donors (Lipinski definition) is 0. The molecule has 0 fully saturated rings. The van der Waals surface area contributed by atoms with E-state index in [1.165, 1.54) is 11.1 Å². The Morgan fingerprint density at radius 1 is 1.23 bits per heavy atom. The lowest BCUT2D eigenvalue weighted by atomic mass is 10.0. The van der Waals surface area contributed by atoms with Crippen molar-refractivity contribution in [2.75, 3.05) is 6.54 Å². The second kappa shape index (κ2) is 2.39. The molecule has 0 N–H and O–H groups in total. The number of nitrogens with zero attached hydrogens (tertiary/aromatic N) is 2. The number of rotatable bonds is 0. The van der Waals surface area contributed by atoms with Crippen molar-refractivity contribution in [1.29, 1.82) is 0 Å². The van der Waals surface area contributed by atoms with Gasteiger partial charge in [-0.05, 0) is 12.1 Å². The zero-order valence-electron chi connectivity index (χ0n) is 8.07. The van der Waals surface area contributed by atoms with Crippen LogP contribution in [0.4, 0.5) is 5.69 Å². The lowest BCUT2D eigenvalue weighted by Crippen LogP contribution is -2.05. The fourth-order valence-corrected chi connectivity index (χ4v) is 1.73. The highest BCUT2D eigenvalue weighted by atomic mass is 14.9. The number of dihydropyridines is 1. The summed E-state index contributed by atoms with van der Waals surface area (Å²) in [5.74, 6) is 0. The van der Waals surface area contributed by atoms with Crippen molar-refractivity contribution in [3.8, 4) is 0 Å². The van der Waals surface area contributed by atoms with Crippen LogP contribution in [-0.4, -0.2) is 18.5 Å². The van der Waals surface area contributed by atoms with E-state index in [1.807, 2.05) is 30.5 Å². The molecule has 0 aliphatic carbocycles. The van der Waals surface area contributed by atoms with Crippen LogP contribution in [0.25, 0.3) is 5.57 Å². The van der Waals surface area contributed by atoms with Crippen molar-refractivity contribution >= 4 is 23.2 Å². The smallest absolute Gasteiger partial charge is 0.287 e. The van der Waals surface area contributed by atoms with E-state index in [9.17, 15) is 0 Å². The Bertz CT molecular complexity index is 458. The van der Waals surface area contributed by atoms with Crippen molar-refractivity contribution < 1.29 is 1.43 Å². The third kappa shape index (κ3) is 0.886. The van der Waals surface area contributed by atoms with Crippen LogP contribution < -0.4 is 0 Å². The molecule has 0 amide bonds. The van der Waals surface area contributed by atoms with Crippen LogP contribution in [0.1, 0.15) is 6.99 Å². The third-order valence-corrected chi connectivity index (χ3v) is 2.35. The maximum Gasteiger partial charge on any atom is 1.00 e. The second-order valence-corrected chi connectivity index (χ2v) is 3.15. The molecule has 2 aliphatic rings. The first kappa shape index (κ1) is 6.78. The van der Waals surface area contributed by atoms with Crippen molar-refractivity contribution in [2.45, 2.75) is 0 Å². The monoisotopic (exact) mass is 169 g/mol. The van der Waals surface area contributed by atoms with Gasteiger partial charge in [0.25, 0.3) is 0 Å². The Kier molecular flexibility index (Phi) is 1.25. The van der Waals surface area contributed by atoms with E-state index in [2.05, 4.69) is 16.1 Å². The molecular weight excluding hydrogens is 160 g/mol. The van der Waals surface area contributed by atoms with Gasteiger partial charge in [0.05, 0.1) is 17.9 Å². The van der Waals surface area contributed by atoms with E-state index in [-0.39, 0.29) is 1.43 Å². The molecule has 0 radical (unpaired) electrons. The van der Waals surface area contributed by atoms with Crippen molar-refractivity contribution in [1.82, 2.24) is 0 Å². The Labute approximate surface area is 77.8 Å². The molecule has 0 spiro atoms. The van der Waals surface area contributed by atoms with Crippen molar-refractivity contribution in [2.24, 2.45) is 9.98 Å². The lowest BCUT2D eigenvalue weighted by molar-refractivity contribution is 1.31. The van der Waals surface area contributed by atoms with E-state index in [1.54, 1.807) is 0 Å². The van der Waals surface area contributed by atoms with Crippen LogP contribution in [0.3, 0.4) is 0 Å². The summed E-state index contributed by atoms with van der Waals surface area (Å²) in [6.07, 6.45) is 3.89. The molecule has 3 rings (SSSR count). The van der Waals surface area contributed by atoms with E-state index in [0.29, 0.717) is 0 Å². The quantitative estimate of drug-likeness (QED) is 0.569. The van der Waals surface area contributed by atoms with Gasteiger partial charge < -0.3 is 0 Å². The van der Waals surface area contributed by atoms with E-state index in [0.717, 1.165) is 17.9 Å². The number of hydrogen-bond acceptors (Lipinski definition) is 2. The summed E-state index contributed by atoms with van der Waals surface area (Å²) < 4.78 is 0. The molecule has 2 nitrogen and oxygen atoms in total.